The Kier molecular flexibility index (Phi) is 21.3. The van der Waals surface area contributed by atoms with Crippen molar-refractivity contribution in [2.24, 2.45) is 16.8 Å². The fourth-order valence-corrected chi connectivity index (χ4v) is 12.0. The lowest BCUT2D eigenvalue weighted by Gasteiger charge is -2.30. The molecule has 87 heavy (non-hydrogen) atoms. The standard InChI is InChI=1S/C46H61FN20O16P2S2/c1-22(2)30(62-28(68)14-59-63-51)41(70)61-25(6-5-11-52-44(50)71)40(69)60-24-9-7-23(8-10-24)15-76-45(72)64(3)12-13-65(4)46(73)81-35-34-27(80-43(35)67-21-58-32-37(49)54-19-56-39(32)67)17-78-84(74,86)82-33-26(16-77-85(75,87)83-34)79-42(29(33)47)66-20-57-31-36(48)53-18-55-38(31)66/h7-10,18-22,25-27,29-30,33-35,42-43H,5-6,11-17H2,1-4H3,(H,60,69)(H,61,70)(H,62,68)(H,74,86)(H,75,87)(H2,48,53,55)(H2,49,54,56)(H3,50,52,71)/t25-,26+,27?,29+,30-,33+,34+,35+,42+,43+,84+,85+/m0/s1. The molecule has 10 N–H and O–H groups in total. The van der Waals surface area contributed by atoms with E-state index in [4.69, 9.17) is 59.8 Å². The Morgan fingerprint density at radius 1 is 0.828 bits per heavy atom. The first-order chi connectivity index (χ1) is 41.3. The predicted octanol–water partition coefficient (Wildman–Crippen LogP) is 2.89. The minimum atomic E-state index is -4.64. The van der Waals surface area contributed by atoms with Crippen molar-refractivity contribution in [1.29, 1.82) is 0 Å². The summed E-state index contributed by atoms with van der Waals surface area (Å²) in [6.45, 7) is -8.35. The van der Waals surface area contributed by atoms with Crippen LogP contribution in [0, 0.1) is 5.92 Å². The van der Waals surface area contributed by atoms with Crippen molar-refractivity contribution >= 4 is 114 Å². The molecular weight excluding hydrogens is 1230 g/mol. The second-order valence-corrected chi connectivity index (χ2v) is 25.8. The monoisotopic (exact) mass is 1290 g/mol. The van der Waals surface area contributed by atoms with Crippen LogP contribution in [0.4, 0.5) is 36.1 Å². The number of azide groups is 1. The summed E-state index contributed by atoms with van der Waals surface area (Å²) in [4.78, 5) is 107. The van der Waals surface area contributed by atoms with E-state index in [1.807, 2.05) is 0 Å². The molecule has 8 rings (SSSR count). The Morgan fingerprint density at radius 2 is 1.39 bits per heavy atom. The van der Waals surface area contributed by atoms with Crippen LogP contribution in [0.3, 0.4) is 0 Å². The fraction of sp³-hybridized carbons (Fsp3) is 0.522. The molecule has 7 amide bonds. The molecule has 5 aromatic rings. The topological polar surface area (TPSA) is 479 Å². The maximum absolute atomic E-state index is 16.5. The summed E-state index contributed by atoms with van der Waals surface area (Å²) in [5.74, 6) is -2.48. The number of aromatic nitrogens is 8. The molecule has 7 heterocycles. The molecule has 12 atom stereocenters. The van der Waals surface area contributed by atoms with Gasteiger partial charge in [0.15, 0.2) is 47.7 Å². The van der Waals surface area contributed by atoms with Crippen LogP contribution < -0.4 is 38.5 Å². The Morgan fingerprint density at radius 3 is 1.98 bits per heavy atom. The maximum Gasteiger partial charge on any atom is 0.410 e. The molecule has 4 aromatic heterocycles. The number of thiol groups is 2. The van der Waals surface area contributed by atoms with Gasteiger partial charge in [0.25, 0.3) is 0 Å². The van der Waals surface area contributed by atoms with Crippen molar-refractivity contribution in [2.75, 3.05) is 70.3 Å². The third kappa shape index (κ3) is 16.3. The SMILES string of the molecule is CC(C)[C@H](NC(=O)CN=[N+]=[N-])C(=O)N[C@@H](CCCNC(N)=O)C(=O)Nc1ccc(COC(=O)N(C)CCN(C)C(=O)O[C@@H]2[C@@H]3O[P@](=O)(S)OC[C@H]4O[C@@H](n5cnc6c(N)ncnc65)[C@H](F)[C@@H]4O[P@](=O)(S)OCC3O[C@H]2n2cnc3c(N)ncnc32)cc1. The number of imidazole rings is 2. The zero-order chi connectivity index (χ0) is 62.9. The number of urea groups is 1. The first kappa shape index (κ1) is 65.3. The number of hydrogen-bond acceptors (Lipinski definition) is 25. The highest BCUT2D eigenvalue weighted by atomic mass is 32.7. The van der Waals surface area contributed by atoms with Gasteiger partial charge in [-0.2, -0.15) is 0 Å². The molecule has 3 aliphatic heterocycles. The zero-order valence-corrected chi connectivity index (χ0v) is 50.2. The third-order valence-corrected chi connectivity index (χ3v) is 16.8. The molecular formula is C46H61FN20O16P2S2. The van der Waals surface area contributed by atoms with E-state index in [1.165, 1.54) is 52.9 Å². The molecule has 3 aliphatic rings. The van der Waals surface area contributed by atoms with Gasteiger partial charge in [-0.25, -0.2) is 57.8 Å². The number of ether oxygens (including phenoxy) is 4. The number of carbonyl (C=O) groups excluding carboxylic acids is 6. The van der Waals surface area contributed by atoms with Gasteiger partial charge in [-0.05, 0) is 42.0 Å². The number of amides is 7. The van der Waals surface area contributed by atoms with E-state index >= 15 is 4.39 Å². The number of nitrogens with zero attached hydrogens (tertiary/aromatic N) is 13. The number of nitrogens with two attached hydrogens (primary N) is 3. The Hall–Kier alpha value is -7.70. The van der Waals surface area contributed by atoms with E-state index in [1.54, 1.807) is 26.0 Å². The molecule has 470 valence electrons. The van der Waals surface area contributed by atoms with E-state index < -0.39 is 136 Å². The van der Waals surface area contributed by atoms with Crippen molar-refractivity contribution in [3.05, 3.63) is 65.6 Å². The molecule has 0 aliphatic carbocycles. The van der Waals surface area contributed by atoms with Gasteiger partial charge in [-0.15, -0.1) is 0 Å². The summed E-state index contributed by atoms with van der Waals surface area (Å²) in [5.41, 5.74) is 27.0. The Labute approximate surface area is 503 Å². The lowest BCUT2D eigenvalue weighted by Crippen LogP contribution is -2.55. The van der Waals surface area contributed by atoms with E-state index in [0.29, 0.717) is 11.3 Å². The van der Waals surface area contributed by atoms with Gasteiger partial charge in [0, 0.05) is 44.3 Å². The minimum absolute atomic E-state index is 0.00164. The van der Waals surface area contributed by atoms with Crippen LogP contribution in [0.1, 0.15) is 44.7 Å². The van der Waals surface area contributed by atoms with Gasteiger partial charge in [-0.1, -0.05) is 55.6 Å². The van der Waals surface area contributed by atoms with Gasteiger partial charge in [0.05, 0.1) is 25.9 Å². The molecule has 0 bridgehead atoms. The van der Waals surface area contributed by atoms with Crippen molar-refractivity contribution < 1.29 is 79.3 Å². The number of alkyl halides is 1. The number of likely N-dealkylation sites (N-methyl/N-ethyl adjacent to an activating group) is 2. The number of hydrogen-bond donors (Lipinski definition) is 9. The summed E-state index contributed by atoms with van der Waals surface area (Å²) >= 11 is 8.36. The maximum atomic E-state index is 16.5. The second-order valence-electron chi connectivity index (χ2n) is 20.0. The molecule has 3 fully saturated rings. The summed E-state index contributed by atoms with van der Waals surface area (Å²) in [6.07, 6.45) is -9.85. The first-order valence-corrected chi connectivity index (χ1v) is 31.7. The number of nitrogens with one attached hydrogen (secondary N) is 4. The predicted molar refractivity (Wildman–Crippen MR) is 307 cm³/mol. The van der Waals surface area contributed by atoms with Crippen molar-refractivity contribution in [3.8, 4) is 0 Å². The van der Waals surface area contributed by atoms with Crippen LogP contribution in [0.2, 0.25) is 0 Å². The molecule has 41 heteroatoms. The summed E-state index contributed by atoms with van der Waals surface area (Å²) in [6, 6.07) is 3.17. The van der Waals surface area contributed by atoms with E-state index in [9.17, 15) is 37.9 Å². The molecule has 0 saturated carbocycles. The van der Waals surface area contributed by atoms with Crippen molar-refractivity contribution in [3.63, 3.8) is 0 Å². The second kappa shape index (κ2) is 28.4. The number of benzene rings is 1. The van der Waals surface area contributed by atoms with E-state index in [-0.39, 0.29) is 73.0 Å². The van der Waals surface area contributed by atoms with Gasteiger partial charge in [0.1, 0.15) is 73.3 Å². The van der Waals surface area contributed by atoms with E-state index in [0.717, 1.165) is 17.6 Å². The van der Waals surface area contributed by atoms with Gasteiger partial charge >= 0.3 is 31.8 Å². The minimum Gasteiger partial charge on any atom is -0.445 e. The number of rotatable bonds is 20. The highest BCUT2D eigenvalue weighted by Crippen LogP contribution is 2.61. The fourth-order valence-electron chi connectivity index (χ4n) is 9.07. The van der Waals surface area contributed by atoms with Gasteiger partial charge in [0.2, 0.25) is 17.7 Å². The van der Waals surface area contributed by atoms with Crippen LogP contribution in [0.15, 0.2) is 54.7 Å². The number of halogens is 1. The molecule has 1 unspecified atom stereocenters. The van der Waals surface area contributed by atoms with Gasteiger partial charge < -0.3 is 67.2 Å². The third-order valence-electron chi connectivity index (χ3n) is 13.5. The lowest BCUT2D eigenvalue weighted by molar-refractivity contribution is -0.131. The van der Waals surface area contributed by atoms with Crippen molar-refractivity contribution in [2.45, 2.75) is 94.5 Å². The van der Waals surface area contributed by atoms with Crippen LogP contribution >= 0.6 is 38.1 Å². The van der Waals surface area contributed by atoms with Crippen molar-refractivity contribution in [1.82, 2.24) is 64.8 Å². The van der Waals surface area contributed by atoms with Crippen LogP contribution in [-0.4, -0.2) is 187 Å². The Bertz CT molecular complexity index is 3500. The number of primary amides is 1. The first-order valence-electron chi connectivity index (χ1n) is 26.3. The largest absolute Gasteiger partial charge is 0.445 e. The molecule has 1 aromatic carbocycles. The molecule has 0 spiro atoms. The highest BCUT2D eigenvalue weighted by molar-refractivity contribution is 8.44. The van der Waals surface area contributed by atoms with Gasteiger partial charge in [-0.3, -0.25) is 41.6 Å². The number of anilines is 3. The average Bonchev–Trinajstić information content (AvgIpc) is 1.72. The molecule has 3 saturated heterocycles. The molecule has 36 nitrogen and oxygen atoms in total. The van der Waals surface area contributed by atoms with E-state index in [2.05, 4.69) is 85.7 Å². The smallest absolute Gasteiger partial charge is 0.410 e. The highest BCUT2D eigenvalue weighted by Gasteiger charge is 2.55. The number of fused-ring (bicyclic) bond motifs is 4. The number of carbonyl (C=O) groups is 6. The normalized spacial score (nSPS) is 25.3. The van der Waals surface area contributed by atoms with Crippen LogP contribution in [0.5, 0.6) is 0 Å². The zero-order valence-electron chi connectivity index (χ0n) is 46.6. The average molecular weight is 1300 g/mol. The van der Waals surface area contributed by atoms with Crippen LogP contribution in [0.25, 0.3) is 32.8 Å². The summed E-state index contributed by atoms with van der Waals surface area (Å²) in [5, 5.41) is 13.5. The Balaban J connectivity index is 0.897. The quantitative estimate of drug-likeness (QED) is 0.0135. The summed E-state index contributed by atoms with van der Waals surface area (Å²) < 4.78 is 94.2. The lowest BCUT2D eigenvalue weighted by atomic mass is 10.0. The summed E-state index contributed by atoms with van der Waals surface area (Å²) in [7, 11) is 2.76. The number of nitrogen functional groups attached to an aromatic ring is 2. The van der Waals surface area contributed by atoms with Crippen LogP contribution in [-0.2, 0) is 67.2 Å². The molecule has 0 radical (unpaired) electrons.